The van der Waals surface area contributed by atoms with Crippen LogP contribution >= 0.6 is 0 Å². The van der Waals surface area contributed by atoms with Crippen molar-refractivity contribution in [3.63, 3.8) is 0 Å². The van der Waals surface area contributed by atoms with Crippen LogP contribution in [0.15, 0.2) is 36.0 Å². The molecule has 8 nitrogen and oxygen atoms in total. The Hall–Kier alpha value is -3.16. The molecule has 0 fully saturated rings. The zero-order valence-corrected chi connectivity index (χ0v) is 17.0. The Labute approximate surface area is 174 Å². The van der Waals surface area contributed by atoms with Crippen molar-refractivity contribution >= 4 is 35.1 Å². The summed E-state index contributed by atoms with van der Waals surface area (Å²) < 4.78 is 9.89. The monoisotopic (exact) mass is 416 g/mol. The summed E-state index contributed by atoms with van der Waals surface area (Å²) in [6.45, 7) is 4.92. The summed E-state index contributed by atoms with van der Waals surface area (Å²) in [6.07, 6.45) is 2.68. The van der Waals surface area contributed by atoms with Crippen LogP contribution < -0.4 is 0 Å². The zero-order chi connectivity index (χ0) is 22.5. The fraction of sp³-hybridized carbons (Fsp3) is 0.455. The second-order valence-electron chi connectivity index (χ2n) is 7.18. The summed E-state index contributed by atoms with van der Waals surface area (Å²) in [7, 11) is 1.16. The van der Waals surface area contributed by atoms with Gasteiger partial charge in [0.1, 0.15) is 17.8 Å². The van der Waals surface area contributed by atoms with Crippen molar-refractivity contribution in [3.05, 3.63) is 36.0 Å². The van der Waals surface area contributed by atoms with Gasteiger partial charge in [-0.25, -0.2) is 0 Å². The highest BCUT2D eigenvalue weighted by Gasteiger charge is 2.59. The van der Waals surface area contributed by atoms with Crippen LogP contribution in [0.1, 0.15) is 39.0 Å². The predicted molar refractivity (Wildman–Crippen MR) is 104 cm³/mol. The van der Waals surface area contributed by atoms with Crippen LogP contribution in [0, 0.1) is 11.3 Å². The lowest BCUT2D eigenvalue weighted by molar-refractivity contribution is -0.165. The Morgan fingerprint density at radius 1 is 1.20 bits per heavy atom. The lowest BCUT2D eigenvalue weighted by atomic mass is 9.58. The Morgan fingerprint density at radius 2 is 1.87 bits per heavy atom. The molecule has 0 aromatic heterocycles. The highest BCUT2D eigenvalue weighted by Crippen LogP contribution is 2.48. The largest absolute Gasteiger partial charge is 0.469 e. The summed E-state index contributed by atoms with van der Waals surface area (Å²) >= 11 is 0. The third-order valence-electron chi connectivity index (χ3n) is 5.54. The van der Waals surface area contributed by atoms with Crippen molar-refractivity contribution in [2.45, 2.75) is 39.0 Å². The lowest BCUT2D eigenvalue weighted by Gasteiger charge is -2.41. The van der Waals surface area contributed by atoms with E-state index in [1.807, 2.05) is 0 Å². The quantitative estimate of drug-likeness (QED) is 0.183. The van der Waals surface area contributed by atoms with Crippen LogP contribution in [0.4, 0.5) is 0 Å². The molecular weight excluding hydrogens is 392 g/mol. The minimum Gasteiger partial charge on any atom is -0.469 e. The van der Waals surface area contributed by atoms with Gasteiger partial charge in [-0.3, -0.25) is 28.8 Å². The van der Waals surface area contributed by atoms with Crippen molar-refractivity contribution in [1.29, 1.82) is 0 Å². The van der Waals surface area contributed by atoms with E-state index in [1.54, 1.807) is 6.92 Å². The number of hydrogen-bond donors (Lipinski definition) is 0. The Kier molecular flexibility index (Phi) is 7.37. The number of ether oxygens (including phenoxy) is 2. The molecule has 0 amide bonds. The number of carbonyl (C=O) groups is 6. The van der Waals surface area contributed by atoms with E-state index in [-0.39, 0.29) is 55.6 Å². The summed E-state index contributed by atoms with van der Waals surface area (Å²) in [6, 6.07) is 0. The van der Waals surface area contributed by atoms with E-state index < -0.39 is 40.6 Å². The maximum Gasteiger partial charge on any atom is 0.320 e. The van der Waals surface area contributed by atoms with Gasteiger partial charge in [0.2, 0.25) is 0 Å². The number of ketones is 4. The van der Waals surface area contributed by atoms with Gasteiger partial charge < -0.3 is 9.47 Å². The van der Waals surface area contributed by atoms with Gasteiger partial charge in [-0.15, -0.1) is 0 Å². The van der Waals surface area contributed by atoms with E-state index in [0.717, 1.165) is 19.3 Å². The first-order valence-electron chi connectivity index (χ1n) is 9.64. The Morgan fingerprint density at radius 3 is 2.47 bits per heavy atom. The molecule has 0 radical (unpaired) electrons. The molecule has 2 aliphatic carbocycles. The van der Waals surface area contributed by atoms with Gasteiger partial charge in [0.05, 0.1) is 19.1 Å². The summed E-state index contributed by atoms with van der Waals surface area (Å²) in [5, 5.41) is 0. The topological polar surface area (TPSA) is 121 Å². The summed E-state index contributed by atoms with van der Waals surface area (Å²) in [5.41, 5.74) is -2.36. The van der Waals surface area contributed by atoms with Gasteiger partial charge in [0.15, 0.2) is 17.3 Å². The van der Waals surface area contributed by atoms with Crippen LogP contribution in [0.25, 0.3) is 0 Å². The predicted octanol–water partition coefficient (Wildman–Crippen LogP) is 1.62. The van der Waals surface area contributed by atoms with E-state index in [0.29, 0.717) is 0 Å². The van der Waals surface area contributed by atoms with Crippen LogP contribution in [-0.4, -0.2) is 48.8 Å². The number of esters is 2. The molecule has 0 N–H and O–H groups in total. The molecule has 0 aliphatic heterocycles. The molecule has 8 heteroatoms. The van der Waals surface area contributed by atoms with Crippen molar-refractivity contribution < 1.29 is 38.2 Å². The molecule has 0 bridgehead atoms. The average Bonchev–Trinajstić information content (AvgIpc) is 2.73. The normalized spacial score (nSPS) is 23.1. The van der Waals surface area contributed by atoms with Gasteiger partial charge in [-0.05, 0) is 30.9 Å². The minimum atomic E-state index is -1.96. The van der Waals surface area contributed by atoms with E-state index in [1.165, 1.54) is 6.08 Å². The molecule has 0 aromatic rings. The van der Waals surface area contributed by atoms with Crippen molar-refractivity contribution in [1.82, 2.24) is 0 Å². The first-order chi connectivity index (χ1) is 14.2. The second-order valence-corrected chi connectivity index (χ2v) is 7.18. The number of rotatable bonds is 9. The van der Waals surface area contributed by atoms with Gasteiger partial charge >= 0.3 is 11.9 Å². The molecular formula is C22H24O8. The van der Waals surface area contributed by atoms with Crippen LogP contribution in [0.2, 0.25) is 0 Å². The smallest absolute Gasteiger partial charge is 0.320 e. The van der Waals surface area contributed by atoms with Gasteiger partial charge in [-0.1, -0.05) is 19.6 Å². The second kappa shape index (κ2) is 9.56. The lowest BCUT2D eigenvalue weighted by Crippen LogP contribution is -2.53. The van der Waals surface area contributed by atoms with E-state index >= 15 is 0 Å². The molecule has 0 unspecified atom stereocenters. The van der Waals surface area contributed by atoms with Gasteiger partial charge in [-0.2, -0.15) is 0 Å². The maximum absolute atomic E-state index is 13.6. The van der Waals surface area contributed by atoms with E-state index in [9.17, 15) is 28.8 Å². The molecule has 160 valence electrons. The molecule has 2 atom stereocenters. The number of carbonyl (C=O) groups excluding carboxylic acids is 6. The molecule has 0 saturated carbocycles. The highest BCUT2D eigenvalue weighted by molar-refractivity contribution is 6.36. The van der Waals surface area contributed by atoms with Crippen molar-refractivity contribution in [3.8, 4) is 0 Å². The molecule has 2 aliphatic rings. The Balaban J connectivity index is 2.65. The average molecular weight is 416 g/mol. The molecule has 2 rings (SSSR count). The molecule has 0 heterocycles. The Bertz CT molecular complexity index is 876. The number of methoxy groups -OCH3 is 1. The summed E-state index contributed by atoms with van der Waals surface area (Å²) in [4.78, 5) is 75.6. The van der Waals surface area contributed by atoms with Gasteiger partial charge in [0, 0.05) is 18.4 Å². The minimum absolute atomic E-state index is 0.0321. The third kappa shape index (κ3) is 4.22. The molecule has 0 saturated heterocycles. The maximum atomic E-state index is 13.6. The zero-order valence-electron chi connectivity index (χ0n) is 17.0. The van der Waals surface area contributed by atoms with Crippen LogP contribution in [0.3, 0.4) is 0 Å². The van der Waals surface area contributed by atoms with Crippen LogP contribution in [0.5, 0.6) is 0 Å². The van der Waals surface area contributed by atoms with Crippen molar-refractivity contribution in [2.24, 2.45) is 11.3 Å². The summed E-state index contributed by atoms with van der Waals surface area (Å²) in [5.74, 6) is -4.93. The molecule has 0 spiro atoms. The van der Waals surface area contributed by atoms with Gasteiger partial charge in [0.25, 0.3) is 0 Å². The highest BCUT2D eigenvalue weighted by atomic mass is 16.5. The first kappa shape index (κ1) is 23.1. The van der Waals surface area contributed by atoms with Crippen molar-refractivity contribution in [2.75, 3.05) is 13.7 Å². The first-order valence-corrected chi connectivity index (χ1v) is 9.64. The SMILES string of the molecule is C=CCOC(=O)[C@@]1(CCC(=O)CC)C(=O)C2=C(C[C@@H]1CC(=O)OC)C(=O)C=CC2=O. The van der Waals surface area contributed by atoms with E-state index in [4.69, 9.17) is 9.47 Å². The standard InChI is InChI=1S/C22H24O8/c1-4-10-30-21(28)22(9-8-14(23)5-2)13(12-18(26)29-3)11-15-16(24)6-7-17(25)19(15)20(22)27/h4,6-7,13H,1,5,8-12H2,2-3H3/t13-,22-/m1/s1. The number of Topliss-reactive ketones (excluding diaryl/α,β-unsaturated/α-hetero) is 2. The number of allylic oxidation sites excluding steroid dienone is 4. The third-order valence-corrected chi connectivity index (χ3v) is 5.54. The number of hydrogen-bond acceptors (Lipinski definition) is 8. The fourth-order valence-corrected chi connectivity index (χ4v) is 3.87. The van der Waals surface area contributed by atoms with E-state index in [2.05, 4.69) is 6.58 Å². The molecule has 30 heavy (non-hydrogen) atoms. The van der Waals surface area contributed by atoms with Crippen LogP contribution in [-0.2, 0) is 38.2 Å². The molecule has 0 aromatic carbocycles. The fourth-order valence-electron chi connectivity index (χ4n) is 3.87.